The Labute approximate surface area is 159 Å². The summed E-state index contributed by atoms with van der Waals surface area (Å²) in [6, 6.07) is 3.89. The summed E-state index contributed by atoms with van der Waals surface area (Å²) in [4.78, 5) is 31.3. The molecule has 6 heteroatoms. The topological polar surface area (TPSA) is 59.5 Å². The molecule has 0 spiro atoms. The number of likely N-dealkylation sites (tertiary alicyclic amines) is 1. The van der Waals surface area contributed by atoms with Crippen molar-refractivity contribution < 1.29 is 14.3 Å². The number of hydrogen-bond acceptors (Lipinski definition) is 5. The van der Waals surface area contributed by atoms with Crippen molar-refractivity contribution in [2.75, 3.05) is 6.61 Å². The SMILES string of the molecule is C[C@@H]1CCC[C@H](C)N1C(=O)COC(=O)c1cccnc1SC1CCCC1. The number of carbonyl (C=O) groups excluding carboxylic acids is 2. The van der Waals surface area contributed by atoms with Crippen LogP contribution in [0.1, 0.15) is 69.2 Å². The fourth-order valence-corrected chi connectivity index (χ4v) is 5.28. The lowest BCUT2D eigenvalue weighted by Crippen LogP contribution is -2.49. The van der Waals surface area contributed by atoms with Crippen LogP contribution in [0.3, 0.4) is 0 Å². The summed E-state index contributed by atoms with van der Waals surface area (Å²) in [5.74, 6) is -0.559. The van der Waals surface area contributed by atoms with E-state index in [4.69, 9.17) is 4.74 Å². The largest absolute Gasteiger partial charge is 0.452 e. The van der Waals surface area contributed by atoms with Gasteiger partial charge in [0.05, 0.1) is 5.56 Å². The standard InChI is InChI=1S/C20H28N2O3S/c1-14-7-5-8-15(2)22(14)18(23)13-25-20(24)17-11-6-12-21-19(17)26-16-9-3-4-10-16/h6,11-12,14-16H,3-5,7-10,13H2,1-2H3/t14-,15+. The van der Waals surface area contributed by atoms with Crippen molar-refractivity contribution in [3.05, 3.63) is 23.9 Å². The molecule has 1 saturated heterocycles. The Morgan fingerprint density at radius 3 is 2.54 bits per heavy atom. The molecular weight excluding hydrogens is 348 g/mol. The molecule has 142 valence electrons. The van der Waals surface area contributed by atoms with E-state index in [2.05, 4.69) is 18.8 Å². The molecule has 2 heterocycles. The summed E-state index contributed by atoms with van der Waals surface area (Å²) >= 11 is 1.66. The Balaban J connectivity index is 1.60. The van der Waals surface area contributed by atoms with Gasteiger partial charge in [0.2, 0.25) is 0 Å². The van der Waals surface area contributed by atoms with Crippen molar-refractivity contribution in [2.45, 2.75) is 81.2 Å². The average Bonchev–Trinajstić information content (AvgIpc) is 3.13. The van der Waals surface area contributed by atoms with Crippen molar-refractivity contribution in [3.8, 4) is 0 Å². The van der Waals surface area contributed by atoms with Crippen molar-refractivity contribution in [2.24, 2.45) is 0 Å². The molecule has 2 atom stereocenters. The Morgan fingerprint density at radius 1 is 1.15 bits per heavy atom. The van der Waals surface area contributed by atoms with E-state index in [1.54, 1.807) is 30.1 Å². The van der Waals surface area contributed by atoms with E-state index >= 15 is 0 Å². The minimum atomic E-state index is -0.454. The molecular formula is C20H28N2O3S. The number of thioether (sulfide) groups is 1. The summed E-state index contributed by atoms with van der Waals surface area (Å²) in [6.45, 7) is 3.93. The van der Waals surface area contributed by atoms with Gasteiger partial charge in [-0.25, -0.2) is 9.78 Å². The first-order chi connectivity index (χ1) is 12.6. The fraction of sp³-hybridized carbons (Fsp3) is 0.650. The van der Waals surface area contributed by atoms with Crippen molar-refractivity contribution >= 4 is 23.6 Å². The third-order valence-corrected chi connectivity index (χ3v) is 6.73. The molecule has 0 N–H and O–H groups in total. The summed E-state index contributed by atoms with van der Waals surface area (Å²) in [5.41, 5.74) is 0.469. The number of esters is 1. The third-order valence-electron chi connectivity index (χ3n) is 5.38. The molecule has 2 aliphatic rings. The molecule has 3 rings (SSSR count). The normalized spacial score (nSPS) is 23.8. The van der Waals surface area contributed by atoms with Gasteiger partial charge in [0.15, 0.2) is 6.61 Å². The summed E-state index contributed by atoms with van der Waals surface area (Å²) in [6.07, 6.45) is 9.68. The van der Waals surface area contributed by atoms with Crippen LogP contribution >= 0.6 is 11.8 Å². The Hall–Kier alpha value is -1.56. The Morgan fingerprint density at radius 2 is 1.85 bits per heavy atom. The highest BCUT2D eigenvalue weighted by Crippen LogP contribution is 2.35. The van der Waals surface area contributed by atoms with Crippen LogP contribution in [0, 0.1) is 0 Å². The van der Waals surface area contributed by atoms with Gasteiger partial charge in [0.1, 0.15) is 5.03 Å². The van der Waals surface area contributed by atoms with Crippen LogP contribution < -0.4 is 0 Å². The fourth-order valence-electron chi connectivity index (χ4n) is 4.00. The van der Waals surface area contributed by atoms with Crippen LogP contribution in [0.5, 0.6) is 0 Å². The Kier molecular flexibility index (Phi) is 6.57. The number of rotatable bonds is 5. The number of ether oxygens (including phenoxy) is 1. The molecule has 1 saturated carbocycles. The predicted molar refractivity (Wildman–Crippen MR) is 102 cm³/mol. The zero-order valence-electron chi connectivity index (χ0n) is 15.6. The maximum absolute atomic E-state index is 12.5. The first-order valence-corrected chi connectivity index (χ1v) is 10.5. The zero-order chi connectivity index (χ0) is 18.5. The first-order valence-electron chi connectivity index (χ1n) is 9.66. The van der Waals surface area contributed by atoms with Gasteiger partial charge in [-0.3, -0.25) is 4.79 Å². The van der Waals surface area contributed by atoms with Gasteiger partial charge in [-0.05, 0) is 58.1 Å². The minimum Gasteiger partial charge on any atom is -0.452 e. The maximum atomic E-state index is 12.5. The smallest absolute Gasteiger partial charge is 0.341 e. The summed E-state index contributed by atoms with van der Waals surface area (Å²) < 4.78 is 5.36. The van der Waals surface area contributed by atoms with Crippen LogP contribution in [0.4, 0.5) is 0 Å². The number of pyridine rings is 1. The molecule has 1 aromatic heterocycles. The van der Waals surface area contributed by atoms with E-state index in [-0.39, 0.29) is 24.6 Å². The van der Waals surface area contributed by atoms with E-state index in [0.717, 1.165) is 24.3 Å². The van der Waals surface area contributed by atoms with Crippen LogP contribution in [0.15, 0.2) is 23.4 Å². The molecule has 0 bridgehead atoms. The highest BCUT2D eigenvalue weighted by atomic mass is 32.2. The lowest BCUT2D eigenvalue weighted by atomic mass is 9.97. The molecule has 1 aliphatic carbocycles. The van der Waals surface area contributed by atoms with Crippen LogP contribution in [-0.4, -0.2) is 45.7 Å². The van der Waals surface area contributed by atoms with E-state index in [1.165, 1.54) is 25.7 Å². The van der Waals surface area contributed by atoms with Crippen molar-refractivity contribution in [3.63, 3.8) is 0 Å². The molecule has 0 unspecified atom stereocenters. The van der Waals surface area contributed by atoms with E-state index in [9.17, 15) is 9.59 Å². The first kappa shape index (κ1) is 19.2. The Bertz CT molecular complexity index is 636. The van der Waals surface area contributed by atoms with Gasteiger partial charge in [0, 0.05) is 23.5 Å². The quantitative estimate of drug-likeness (QED) is 0.725. The number of piperidine rings is 1. The van der Waals surface area contributed by atoms with Crippen LogP contribution in [0.2, 0.25) is 0 Å². The van der Waals surface area contributed by atoms with Crippen molar-refractivity contribution in [1.29, 1.82) is 0 Å². The van der Waals surface area contributed by atoms with Gasteiger partial charge in [-0.2, -0.15) is 0 Å². The lowest BCUT2D eigenvalue weighted by molar-refractivity contribution is -0.140. The number of carbonyl (C=O) groups is 2. The van der Waals surface area contributed by atoms with Crippen LogP contribution in [0.25, 0.3) is 0 Å². The monoisotopic (exact) mass is 376 g/mol. The number of aromatic nitrogens is 1. The van der Waals surface area contributed by atoms with E-state index in [1.807, 2.05) is 4.90 Å². The lowest BCUT2D eigenvalue weighted by Gasteiger charge is -2.38. The maximum Gasteiger partial charge on any atom is 0.341 e. The van der Waals surface area contributed by atoms with Gasteiger partial charge < -0.3 is 9.64 Å². The summed E-state index contributed by atoms with van der Waals surface area (Å²) in [7, 11) is 0. The predicted octanol–water partition coefficient (Wildman–Crippen LogP) is 4.06. The molecule has 1 amide bonds. The molecule has 1 aliphatic heterocycles. The van der Waals surface area contributed by atoms with Crippen molar-refractivity contribution in [1.82, 2.24) is 9.88 Å². The zero-order valence-corrected chi connectivity index (χ0v) is 16.5. The second-order valence-electron chi connectivity index (χ2n) is 7.39. The van der Waals surface area contributed by atoms with Crippen LogP contribution in [-0.2, 0) is 9.53 Å². The highest BCUT2D eigenvalue weighted by molar-refractivity contribution is 7.99. The number of hydrogen-bond donors (Lipinski definition) is 0. The van der Waals surface area contributed by atoms with Gasteiger partial charge in [-0.15, -0.1) is 11.8 Å². The molecule has 0 radical (unpaired) electrons. The van der Waals surface area contributed by atoms with Gasteiger partial charge in [-0.1, -0.05) is 12.8 Å². The average molecular weight is 377 g/mol. The second kappa shape index (κ2) is 8.89. The molecule has 26 heavy (non-hydrogen) atoms. The molecule has 2 fully saturated rings. The van der Waals surface area contributed by atoms with Gasteiger partial charge >= 0.3 is 5.97 Å². The second-order valence-corrected chi connectivity index (χ2v) is 8.68. The molecule has 1 aromatic rings. The molecule has 0 aromatic carbocycles. The number of amides is 1. The number of nitrogens with zero attached hydrogens (tertiary/aromatic N) is 2. The van der Waals surface area contributed by atoms with E-state index in [0.29, 0.717) is 10.8 Å². The third kappa shape index (κ3) is 4.58. The molecule has 5 nitrogen and oxygen atoms in total. The van der Waals surface area contributed by atoms with E-state index < -0.39 is 5.97 Å². The minimum absolute atomic E-state index is 0.105. The summed E-state index contributed by atoms with van der Waals surface area (Å²) in [5, 5.41) is 1.24. The highest BCUT2D eigenvalue weighted by Gasteiger charge is 2.30. The van der Waals surface area contributed by atoms with Gasteiger partial charge in [0.25, 0.3) is 5.91 Å².